The number of amides is 2. The van der Waals surface area contributed by atoms with E-state index >= 15 is 0 Å². The molecular weight excluding hydrogens is 335 g/mol. The van der Waals surface area contributed by atoms with Gasteiger partial charge < -0.3 is 15.8 Å². The van der Waals surface area contributed by atoms with Gasteiger partial charge in [-0.3, -0.25) is 9.59 Å². The highest BCUT2D eigenvalue weighted by atomic mass is 35.5. The lowest BCUT2D eigenvalue weighted by Gasteiger charge is -2.17. The van der Waals surface area contributed by atoms with Crippen LogP contribution in [0.2, 0.25) is 5.02 Å². The lowest BCUT2D eigenvalue weighted by Crippen LogP contribution is -2.31. The number of primary amides is 1. The minimum Gasteiger partial charge on any atom is -0.480 e. The molecule has 0 unspecified atom stereocenters. The molecule has 5 nitrogen and oxygen atoms in total. The first-order valence-corrected chi connectivity index (χ1v) is 7.48. The van der Waals surface area contributed by atoms with Crippen molar-refractivity contribution >= 4 is 29.1 Å². The second kappa shape index (κ2) is 7.31. The molecule has 126 valence electrons. The van der Waals surface area contributed by atoms with Crippen LogP contribution in [0, 0.1) is 12.7 Å². The van der Waals surface area contributed by atoms with Crippen molar-refractivity contribution in [2.75, 3.05) is 5.32 Å². The van der Waals surface area contributed by atoms with E-state index in [0.717, 1.165) is 11.6 Å². The summed E-state index contributed by atoms with van der Waals surface area (Å²) < 4.78 is 18.7. The largest absolute Gasteiger partial charge is 0.480 e. The van der Waals surface area contributed by atoms with Crippen LogP contribution in [0.5, 0.6) is 5.75 Å². The number of anilines is 1. The zero-order chi connectivity index (χ0) is 17.9. The predicted octanol–water partition coefficient (Wildman–Crippen LogP) is 3.29. The minimum absolute atomic E-state index is 0.101. The molecule has 7 heteroatoms. The first-order chi connectivity index (χ1) is 11.3. The normalized spacial score (nSPS) is 11.7. The number of hydrogen-bond acceptors (Lipinski definition) is 3. The maximum absolute atomic E-state index is 13.1. The van der Waals surface area contributed by atoms with E-state index in [2.05, 4.69) is 5.32 Å². The SMILES string of the molecule is Cc1ccc(C(N)=O)c(O[C@H](C)C(=O)Nc2ccc(F)c(Cl)c2)c1. The van der Waals surface area contributed by atoms with Gasteiger partial charge in [-0.2, -0.15) is 0 Å². The highest BCUT2D eigenvalue weighted by Gasteiger charge is 2.18. The average molecular weight is 351 g/mol. The number of hydrogen-bond donors (Lipinski definition) is 2. The minimum atomic E-state index is -0.909. The zero-order valence-electron chi connectivity index (χ0n) is 13.1. The predicted molar refractivity (Wildman–Crippen MR) is 89.8 cm³/mol. The van der Waals surface area contributed by atoms with Crippen LogP contribution in [0.1, 0.15) is 22.8 Å². The van der Waals surface area contributed by atoms with Crippen molar-refractivity contribution in [3.8, 4) is 5.75 Å². The van der Waals surface area contributed by atoms with Crippen molar-refractivity contribution in [1.29, 1.82) is 0 Å². The molecule has 0 saturated heterocycles. The van der Waals surface area contributed by atoms with Crippen LogP contribution in [0.15, 0.2) is 36.4 Å². The Morgan fingerprint density at radius 1 is 1.25 bits per heavy atom. The Labute approximate surface area is 143 Å². The molecule has 24 heavy (non-hydrogen) atoms. The maximum Gasteiger partial charge on any atom is 0.265 e. The van der Waals surface area contributed by atoms with Crippen LogP contribution in [0.3, 0.4) is 0 Å². The fourth-order valence-corrected chi connectivity index (χ4v) is 2.17. The number of aryl methyl sites for hydroxylation is 1. The van der Waals surface area contributed by atoms with Gasteiger partial charge in [0.1, 0.15) is 11.6 Å². The molecule has 3 N–H and O–H groups in total. The van der Waals surface area contributed by atoms with E-state index < -0.39 is 23.7 Å². The molecule has 2 rings (SSSR count). The number of carbonyl (C=O) groups is 2. The van der Waals surface area contributed by atoms with Crippen LogP contribution in [0.4, 0.5) is 10.1 Å². The standard InChI is InChI=1S/C17H16ClFN2O3/c1-9-3-5-12(16(20)22)15(7-9)24-10(2)17(23)21-11-4-6-14(19)13(18)8-11/h3-8,10H,1-2H3,(H2,20,22)(H,21,23)/t10-/m1/s1. The lowest BCUT2D eigenvalue weighted by molar-refractivity contribution is -0.122. The number of rotatable bonds is 5. The molecule has 0 saturated carbocycles. The molecule has 2 aromatic carbocycles. The monoisotopic (exact) mass is 350 g/mol. The summed E-state index contributed by atoms with van der Waals surface area (Å²) in [5.74, 6) is -1.48. The van der Waals surface area contributed by atoms with Gasteiger partial charge in [-0.05, 0) is 49.7 Å². The smallest absolute Gasteiger partial charge is 0.265 e. The Kier molecular flexibility index (Phi) is 5.41. The van der Waals surface area contributed by atoms with Gasteiger partial charge in [0.15, 0.2) is 6.10 Å². The lowest BCUT2D eigenvalue weighted by atomic mass is 10.1. The van der Waals surface area contributed by atoms with Crippen LogP contribution in [0.25, 0.3) is 0 Å². The fourth-order valence-electron chi connectivity index (χ4n) is 1.99. The number of benzene rings is 2. The average Bonchev–Trinajstić information content (AvgIpc) is 2.50. The summed E-state index contributed by atoms with van der Waals surface area (Å²) in [5.41, 5.74) is 6.68. The summed E-state index contributed by atoms with van der Waals surface area (Å²) in [4.78, 5) is 23.6. The number of nitrogens with one attached hydrogen (secondary N) is 1. The van der Waals surface area contributed by atoms with E-state index in [1.54, 1.807) is 12.1 Å². The molecule has 0 heterocycles. The van der Waals surface area contributed by atoms with Crippen LogP contribution in [-0.4, -0.2) is 17.9 Å². The van der Waals surface area contributed by atoms with Crippen molar-refractivity contribution < 1.29 is 18.7 Å². The summed E-state index contributed by atoms with van der Waals surface area (Å²) in [5, 5.41) is 2.46. The van der Waals surface area contributed by atoms with Gasteiger partial charge >= 0.3 is 0 Å². The maximum atomic E-state index is 13.1. The van der Waals surface area contributed by atoms with Gasteiger partial charge in [0, 0.05) is 5.69 Å². The molecule has 2 amide bonds. The summed E-state index contributed by atoms with van der Waals surface area (Å²) in [6.07, 6.45) is -0.909. The molecule has 0 bridgehead atoms. The second-order valence-corrected chi connectivity index (χ2v) is 5.65. The van der Waals surface area contributed by atoms with Crippen molar-refractivity contribution in [1.82, 2.24) is 0 Å². The Morgan fingerprint density at radius 2 is 1.96 bits per heavy atom. The Morgan fingerprint density at radius 3 is 2.58 bits per heavy atom. The Bertz CT molecular complexity index is 795. The number of nitrogens with two attached hydrogens (primary N) is 1. The van der Waals surface area contributed by atoms with Gasteiger partial charge in [0.05, 0.1) is 10.6 Å². The van der Waals surface area contributed by atoms with Gasteiger partial charge in [-0.25, -0.2) is 4.39 Å². The third kappa shape index (κ3) is 4.23. The second-order valence-electron chi connectivity index (χ2n) is 5.24. The van der Waals surface area contributed by atoms with Crippen LogP contribution < -0.4 is 15.8 Å². The quantitative estimate of drug-likeness (QED) is 0.868. The fraction of sp³-hybridized carbons (Fsp3) is 0.176. The van der Waals surface area contributed by atoms with E-state index in [9.17, 15) is 14.0 Å². The zero-order valence-corrected chi connectivity index (χ0v) is 13.9. The highest BCUT2D eigenvalue weighted by molar-refractivity contribution is 6.31. The third-order valence-electron chi connectivity index (χ3n) is 3.26. The molecule has 0 radical (unpaired) electrons. The number of halogens is 2. The Hall–Kier alpha value is -2.60. The van der Waals surface area contributed by atoms with Gasteiger partial charge in [0.2, 0.25) is 0 Å². The van der Waals surface area contributed by atoms with E-state index in [1.165, 1.54) is 25.1 Å². The molecule has 0 aromatic heterocycles. The third-order valence-corrected chi connectivity index (χ3v) is 3.55. The van der Waals surface area contributed by atoms with Crippen molar-refractivity contribution in [3.63, 3.8) is 0 Å². The molecule has 0 fully saturated rings. The molecule has 0 aliphatic rings. The van der Waals surface area contributed by atoms with E-state index in [1.807, 2.05) is 6.92 Å². The topological polar surface area (TPSA) is 81.4 Å². The summed E-state index contributed by atoms with van der Waals surface area (Å²) in [6.45, 7) is 3.34. The summed E-state index contributed by atoms with van der Waals surface area (Å²) in [6, 6.07) is 8.71. The number of carbonyl (C=O) groups excluding carboxylic acids is 2. The molecule has 0 aliphatic carbocycles. The molecule has 0 spiro atoms. The highest BCUT2D eigenvalue weighted by Crippen LogP contribution is 2.22. The molecule has 2 aromatic rings. The van der Waals surface area contributed by atoms with Gasteiger partial charge in [0.25, 0.3) is 11.8 Å². The first kappa shape index (κ1) is 17.7. The van der Waals surface area contributed by atoms with Crippen molar-refractivity contribution in [3.05, 3.63) is 58.4 Å². The summed E-state index contributed by atoms with van der Waals surface area (Å²) in [7, 11) is 0. The summed E-state index contributed by atoms with van der Waals surface area (Å²) >= 11 is 5.67. The Balaban J connectivity index is 2.13. The van der Waals surface area contributed by atoms with E-state index in [0.29, 0.717) is 5.69 Å². The first-order valence-electron chi connectivity index (χ1n) is 7.11. The molecular formula is C17H16ClFN2O3. The van der Waals surface area contributed by atoms with E-state index in [4.69, 9.17) is 22.1 Å². The van der Waals surface area contributed by atoms with Gasteiger partial charge in [-0.1, -0.05) is 17.7 Å². The van der Waals surface area contributed by atoms with Crippen LogP contribution >= 0.6 is 11.6 Å². The van der Waals surface area contributed by atoms with Gasteiger partial charge in [-0.15, -0.1) is 0 Å². The van der Waals surface area contributed by atoms with Crippen molar-refractivity contribution in [2.24, 2.45) is 5.73 Å². The van der Waals surface area contributed by atoms with Crippen molar-refractivity contribution in [2.45, 2.75) is 20.0 Å². The number of ether oxygens (including phenoxy) is 1. The van der Waals surface area contributed by atoms with E-state index in [-0.39, 0.29) is 16.3 Å². The molecule has 1 atom stereocenters. The molecule has 0 aliphatic heterocycles. The van der Waals surface area contributed by atoms with Crippen LogP contribution in [-0.2, 0) is 4.79 Å².